The zero-order chi connectivity index (χ0) is 15.1. The van der Waals surface area contributed by atoms with Gasteiger partial charge in [0.25, 0.3) is 0 Å². The van der Waals surface area contributed by atoms with Crippen LogP contribution in [0.5, 0.6) is 0 Å². The molecule has 0 radical (unpaired) electrons. The summed E-state index contributed by atoms with van der Waals surface area (Å²) in [5.74, 6) is -0.218. The van der Waals surface area contributed by atoms with E-state index in [0.717, 1.165) is 37.8 Å². The maximum absolute atomic E-state index is 11.8. The van der Waals surface area contributed by atoms with Crippen LogP contribution in [0.4, 0.5) is 5.69 Å². The van der Waals surface area contributed by atoms with Crippen molar-refractivity contribution in [1.82, 2.24) is 5.32 Å². The molecule has 114 valence electrons. The highest BCUT2D eigenvalue weighted by Crippen LogP contribution is 2.24. The minimum Gasteiger partial charge on any atom is -0.347 e. The second-order valence-corrected chi connectivity index (χ2v) is 5.62. The van der Waals surface area contributed by atoms with Crippen LogP contribution in [0, 0.1) is 0 Å². The zero-order valence-electron chi connectivity index (χ0n) is 12.7. The van der Waals surface area contributed by atoms with E-state index < -0.39 is 0 Å². The van der Waals surface area contributed by atoms with Gasteiger partial charge in [0.1, 0.15) is 0 Å². The first-order valence-corrected chi connectivity index (χ1v) is 7.87. The smallest absolute Gasteiger partial charge is 0.243 e. The van der Waals surface area contributed by atoms with Gasteiger partial charge in [-0.05, 0) is 48.9 Å². The Morgan fingerprint density at radius 1 is 1.10 bits per heavy atom. The Morgan fingerprint density at radius 2 is 1.90 bits per heavy atom. The van der Waals surface area contributed by atoms with Gasteiger partial charge < -0.3 is 10.6 Å². The zero-order valence-corrected chi connectivity index (χ0v) is 12.7. The van der Waals surface area contributed by atoms with Crippen molar-refractivity contribution in [2.45, 2.75) is 51.9 Å². The first-order chi connectivity index (χ1) is 10.2. The lowest BCUT2D eigenvalue weighted by Crippen LogP contribution is -2.32. The molecule has 0 aromatic heterocycles. The normalized spacial score (nSPS) is 12.8. The summed E-state index contributed by atoms with van der Waals surface area (Å²) in [4.78, 5) is 23.4. The van der Waals surface area contributed by atoms with Crippen molar-refractivity contribution in [2.24, 2.45) is 0 Å². The maximum atomic E-state index is 11.8. The van der Waals surface area contributed by atoms with Crippen LogP contribution in [0.15, 0.2) is 18.2 Å². The number of benzene rings is 1. The van der Waals surface area contributed by atoms with E-state index >= 15 is 0 Å². The minimum atomic E-state index is -0.170. The predicted molar refractivity (Wildman–Crippen MR) is 84.2 cm³/mol. The molecule has 1 aliphatic rings. The summed E-state index contributed by atoms with van der Waals surface area (Å²) in [5, 5.41) is 5.50. The highest BCUT2D eigenvalue weighted by molar-refractivity contribution is 5.94. The molecular weight excluding hydrogens is 264 g/mol. The number of carbonyl (C=O) groups excluding carboxylic acids is 2. The van der Waals surface area contributed by atoms with Crippen molar-refractivity contribution in [3.63, 3.8) is 0 Å². The average Bonchev–Trinajstić information content (AvgIpc) is 2.93. The topological polar surface area (TPSA) is 58.2 Å². The van der Waals surface area contributed by atoms with Gasteiger partial charge in [-0.25, -0.2) is 0 Å². The van der Waals surface area contributed by atoms with Gasteiger partial charge in [0.2, 0.25) is 11.8 Å². The van der Waals surface area contributed by atoms with Crippen LogP contribution in [-0.4, -0.2) is 18.4 Å². The lowest BCUT2D eigenvalue weighted by atomic mass is 10.1. The first-order valence-electron chi connectivity index (χ1n) is 7.87. The molecule has 0 spiro atoms. The maximum Gasteiger partial charge on any atom is 0.243 e. The summed E-state index contributed by atoms with van der Waals surface area (Å²) in [6.45, 7) is 2.14. The van der Waals surface area contributed by atoms with E-state index in [1.54, 1.807) is 0 Å². The lowest BCUT2D eigenvalue weighted by molar-refractivity contribution is -0.124. The summed E-state index contributed by atoms with van der Waals surface area (Å²) in [5.41, 5.74) is 3.54. The van der Waals surface area contributed by atoms with Gasteiger partial charge in [-0.2, -0.15) is 0 Å². The second-order valence-electron chi connectivity index (χ2n) is 5.62. The van der Waals surface area contributed by atoms with Crippen molar-refractivity contribution >= 4 is 17.5 Å². The highest BCUT2D eigenvalue weighted by atomic mass is 16.2. The lowest BCUT2D eigenvalue weighted by Gasteiger charge is -2.08. The van der Waals surface area contributed by atoms with Crippen LogP contribution in [0.2, 0.25) is 0 Å². The largest absolute Gasteiger partial charge is 0.347 e. The van der Waals surface area contributed by atoms with Crippen molar-refractivity contribution in [2.75, 3.05) is 11.9 Å². The second kappa shape index (κ2) is 7.81. The molecule has 0 saturated carbocycles. The minimum absolute atomic E-state index is 0.0437. The van der Waals surface area contributed by atoms with Crippen LogP contribution < -0.4 is 10.6 Å². The molecule has 0 atom stereocenters. The number of rotatable bonds is 7. The molecule has 2 N–H and O–H groups in total. The fourth-order valence-corrected chi connectivity index (χ4v) is 2.66. The Labute approximate surface area is 126 Å². The SMILES string of the molecule is CCCCCC(=O)NCC(=O)Nc1ccc2c(c1)CCC2. The van der Waals surface area contributed by atoms with E-state index in [2.05, 4.69) is 23.6 Å². The van der Waals surface area contributed by atoms with Crippen molar-refractivity contribution < 1.29 is 9.59 Å². The summed E-state index contributed by atoms with van der Waals surface area (Å²) < 4.78 is 0. The Kier molecular flexibility index (Phi) is 5.78. The van der Waals surface area contributed by atoms with E-state index in [-0.39, 0.29) is 18.4 Å². The van der Waals surface area contributed by atoms with Crippen LogP contribution >= 0.6 is 0 Å². The van der Waals surface area contributed by atoms with Gasteiger partial charge in [-0.15, -0.1) is 0 Å². The molecule has 1 aliphatic carbocycles. The molecule has 0 unspecified atom stereocenters. The average molecular weight is 288 g/mol. The molecule has 4 nitrogen and oxygen atoms in total. The third-order valence-corrected chi connectivity index (χ3v) is 3.84. The molecule has 2 rings (SSSR count). The molecule has 0 saturated heterocycles. The van der Waals surface area contributed by atoms with E-state index in [9.17, 15) is 9.59 Å². The van der Waals surface area contributed by atoms with Crippen LogP contribution in [-0.2, 0) is 22.4 Å². The summed E-state index contributed by atoms with van der Waals surface area (Å²) in [7, 11) is 0. The number of fused-ring (bicyclic) bond motifs is 1. The number of carbonyl (C=O) groups is 2. The molecule has 21 heavy (non-hydrogen) atoms. The number of hydrogen-bond donors (Lipinski definition) is 2. The molecule has 1 aromatic carbocycles. The van der Waals surface area contributed by atoms with Gasteiger partial charge in [0.15, 0.2) is 0 Å². The van der Waals surface area contributed by atoms with Crippen LogP contribution in [0.25, 0.3) is 0 Å². The number of amides is 2. The van der Waals surface area contributed by atoms with E-state index in [4.69, 9.17) is 0 Å². The third-order valence-electron chi connectivity index (χ3n) is 3.84. The number of hydrogen-bond acceptors (Lipinski definition) is 2. The molecule has 0 bridgehead atoms. The van der Waals surface area contributed by atoms with Gasteiger partial charge >= 0.3 is 0 Å². The van der Waals surface area contributed by atoms with Crippen LogP contribution in [0.3, 0.4) is 0 Å². The standard InChI is InChI=1S/C17H24N2O2/c1-2-3-4-8-16(20)18-12-17(21)19-15-10-9-13-6-5-7-14(13)11-15/h9-11H,2-8,12H2,1H3,(H,18,20)(H,19,21). The Bertz CT molecular complexity index is 512. The quantitative estimate of drug-likeness (QED) is 0.758. The molecule has 1 aromatic rings. The molecule has 0 fully saturated rings. The summed E-state index contributed by atoms with van der Waals surface area (Å²) >= 11 is 0. The van der Waals surface area contributed by atoms with Gasteiger partial charge in [0, 0.05) is 12.1 Å². The molecule has 2 amide bonds. The van der Waals surface area contributed by atoms with Crippen molar-refractivity contribution in [3.8, 4) is 0 Å². The molecule has 4 heteroatoms. The van der Waals surface area contributed by atoms with Gasteiger partial charge in [0.05, 0.1) is 6.54 Å². The van der Waals surface area contributed by atoms with Crippen molar-refractivity contribution in [1.29, 1.82) is 0 Å². The van der Waals surface area contributed by atoms with Gasteiger partial charge in [-0.1, -0.05) is 25.8 Å². The number of aryl methyl sites for hydroxylation is 2. The number of anilines is 1. The highest BCUT2D eigenvalue weighted by Gasteiger charge is 2.12. The molecular formula is C17H24N2O2. The fourth-order valence-electron chi connectivity index (χ4n) is 2.66. The van der Waals surface area contributed by atoms with E-state index in [1.807, 2.05) is 12.1 Å². The Balaban J connectivity index is 1.73. The number of unbranched alkanes of at least 4 members (excludes halogenated alkanes) is 2. The van der Waals surface area contributed by atoms with Crippen molar-refractivity contribution in [3.05, 3.63) is 29.3 Å². The van der Waals surface area contributed by atoms with Crippen LogP contribution in [0.1, 0.15) is 50.2 Å². The van der Waals surface area contributed by atoms with Gasteiger partial charge in [-0.3, -0.25) is 9.59 Å². The van der Waals surface area contributed by atoms with E-state index in [0.29, 0.717) is 6.42 Å². The molecule has 0 heterocycles. The monoisotopic (exact) mass is 288 g/mol. The fraction of sp³-hybridized carbons (Fsp3) is 0.529. The first kappa shape index (κ1) is 15.5. The summed E-state index contributed by atoms with van der Waals surface area (Å²) in [6, 6.07) is 6.07. The van der Waals surface area contributed by atoms with E-state index in [1.165, 1.54) is 17.5 Å². The number of nitrogens with one attached hydrogen (secondary N) is 2. The summed E-state index contributed by atoms with van der Waals surface area (Å²) in [6.07, 6.45) is 6.95. The Hall–Kier alpha value is -1.84. The third kappa shape index (κ3) is 4.88. The Morgan fingerprint density at radius 3 is 2.71 bits per heavy atom. The molecule has 0 aliphatic heterocycles. The predicted octanol–water partition coefficient (Wildman–Crippen LogP) is 2.81.